The number of hydrogen-bond acceptors (Lipinski definition) is 5. The molecule has 210 valence electrons. The number of carboxylic acid groups (broad SMARTS) is 1. The lowest BCUT2D eigenvalue weighted by Gasteiger charge is -2.32. The monoisotopic (exact) mass is 544 g/mol. The smallest absolute Gasteiger partial charge is 0.337 e. The zero-order chi connectivity index (χ0) is 29.0. The summed E-state index contributed by atoms with van der Waals surface area (Å²) in [5, 5.41) is 9.08. The molecule has 2 aliphatic heterocycles. The van der Waals surface area contributed by atoms with Crippen molar-refractivity contribution in [1.82, 2.24) is 14.8 Å². The third-order valence-electron chi connectivity index (χ3n) is 7.39. The van der Waals surface area contributed by atoms with Crippen molar-refractivity contribution >= 4 is 23.2 Å². The van der Waals surface area contributed by atoms with Gasteiger partial charge in [-0.3, -0.25) is 9.78 Å². The molecule has 2 aliphatic rings. The Labute approximate surface area is 235 Å². The number of carbonyl (C=O) groups excluding carboxylic acids is 1. The number of allylic oxidation sites excluding steroid dienone is 3. The van der Waals surface area contributed by atoms with Crippen LogP contribution in [-0.4, -0.2) is 57.1 Å². The van der Waals surface area contributed by atoms with Gasteiger partial charge in [0.1, 0.15) is 17.3 Å². The van der Waals surface area contributed by atoms with E-state index >= 15 is 4.39 Å². The Bertz CT molecular complexity index is 1390. The van der Waals surface area contributed by atoms with E-state index in [9.17, 15) is 9.59 Å². The summed E-state index contributed by atoms with van der Waals surface area (Å²) in [6.45, 7) is 11.2. The maximum absolute atomic E-state index is 15.3. The Hall–Kier alpha value is -4.07. The lowest BCUT2D eigenvalue weighted by Crippen LogP contribution is -2.43. The first-order valence-corrected chi connectivity index (χ1v) is 13.8. The van der Waals surface area contributed by atoms with Gasteiger partial charge in [-0.05, 0) is 68.0 Å². The molecule has 1 unspecified atom stereocenters. The number of rotatable bonds is 7. The van der Waals surface area contributed by atoms with Gasteiger partial charge in [0.2, 0.25) is 0 Å². The number of aromatic nitrogens is 1. The van der Waals surface area contributed by atoms with E-state index in [2.05, 4.69) is 32.3 Å². The molecular weight excluding hydrogens is 507 g/mol. The summed E-state index contributed by atoms with van der Waals surface area (Å²) in [5.74, 6) is -0.732. The topological polar surface area (TPSA) is 86.1 Å². The molecule has 1 amide bonds. The van der Waals surface area contributed by atoms with Crippen molar-refractivity contribution in [2.45, 2.75) is 58.9 Å². The van der Waals surface area contributed by atoms with Crippen molar-refractivity contribution in [3.63, 3.8) is 0 Å². The third-order valence-corrected chi connectivity index (χ3v) is 7.39. The van der Waals surface area contributed by atoms with E-state index in [1.807, 2.05) is 22.9 Å². The average molecular weight is 545 g/mol. The minimum Gasteiger partial charge on any atom is -0.478 e. The van der Waals surface area contributed by atoms with Crippen molar-refractivity contribution in [2.24, 2.45) is 10.9 Å². The normalized spacial score (nSPS) is 18.9. The maximum Gasteiger partial charge on any atom is 0.337 e. The van der Waals surface area contributed by atoms with E-state index in [4.69, 9.17) is 10.1 Å². The van der Waals surface area contributed by atoms with Crippen LogP contribution in [0.1, 0.15) is 68.8 Å². The van der Waals surface area contributed by atoms with Crippen LogP contribution in [0.5, 0.6) is 0 Å². The number of amides is 1. The number of nitrogens with zero attached hydrogens (tertiary/aromatic N) is 4. The number of pyridine rings is 1. The summed E-state index contributed by atoms with van der Waals surface area (Å²) < 4.78 is 15.3. The summed E-state index contributed by atoms with van der Waals surface area (Å²) in [7, 11) is 1.90. The molecule has 0 aliphatic carbocycles. The van der Waals surface area contributed by atoms with Crippen LogP contribution < -0.4 is 0 Å². The second kappa shape index (κ2) is 12.4. The van der Waals surface area contributed by atoms with Gasteiger partial charge in [0.05, 0.1) is 11.3 Å². The molecule has 0 bridgehead atoms. The van der Waals surface area contributed by atoms with Crippen LogP contribution in [0, 0.1) is 11.7 Å². The van der Waals surface area contributed by atoms with Gasteiger partial charge >= 0.3 is 5.97 Å². The van der Waals surface area contributed by atoms with Crippen molar-refractivity contribution in [3.05, 3.63) is 83.7 Å². The van der Waals surface area contributed by atoms with E-state index in [-0.39, 0.29) is 17.5 Å². The second-order valence-corrected chi connectivity index (χ2v) is 10.9. The highest BCUT2D eigenvalue weighted by Gasteiger charge is 2.28. The first kappa shape index (κ1) is 28.9. The van der Waals surface area contributed by atoms with Gasteiger partial charge in [-0.25, -0.2) is 14.2 Å². The van der Waals surface area contributed by atoms with Crippen LogP contribution in [0.3, 0.4) is 0 Å². The first-order valence-electron chi connectivity index (χ1n) is 13.8. The molecule has 3 heterocycles. The molecule has 1 aromatic heterocycles. The molecule has 1 atom stereocenters. The summed E-state index contributed by atoms with van der Waals surface area (Å²) in [4.78, 5) is 37.5. The van der Waals surface area contributed by atoms with E-state index < -0.39 is 11.8 Å². The first-order chi connectivity index (χ1) is 19.0. The molecule has 7 nitrogen and oxygen atoms in total. The Balaban J connectivity index is 1.64. The van der Waals surface area contributed by atoms with Crippen molar-refractivity contribution in [1.29, 1.82) is 0 Å². The third kappa shape index (κ3) is 6.55. The number of hydrogen-bond donors (Lipinski definition) is 1. The van der Waals surface area contributed by atoms with Gasteiger partial charge < -0.3 is 14.9 Å². The minimum atomic E-state index is -1.07. The van der Waals surface area contributed by atoms with Crippen LogP contribution in [0.25, 0.3) is 16.8 Å². The molecular formula is C32H37FN4O3. The number of carboxylic acids is 1. The zero-order valence-electron chi connectivity index (χ0n) is 23.7. The van der Waals surface area contributed by atoms with E-state index in [1.165, 1.54) is 18.3 Å². The molecule has 8 heteroatoms. The zero-order valence-corrected chi connectivity index (χ0v) is 23.7. The molecule has 1 N–H and O–H groups in total. The Kier molecular flexibility index (Phi) is 8.97. The van der Waals surface area contributed by atoms with E-state index in [0.717, 1.165) is 44.3 Å². The Morgan fingerprint density at radius 3 is 2.62 bits per heavy atom. The number of aromatic carboxylic acids is 1. The number of halogens is 1. The summed E-state index contributed by atoms with van der Waals surface area (Å²) in [6.07, 6.45) is 9.82. The lowest BCUT2D eigenvalue weighted by atomic mass is 10.0. The van der Waals surface area contributed by atoms with E-state index in [0.29, 0.717) is 39.8 Å². The fraction of sp³-hybridized carbons (Fsp3) is 0.375. The second-order valence-electron chi connectivity index (χ2n) is 10.9. The standard InChI is InChI=1S/C32H37FN4O3/c1-20(2)15-25-18-29(31(38)37-14-8-6-7-9-22(37)4)35-30(36(25)5)16-21(3)26-12-10-23(17-27(26)33)28-13-11-24(19-34-28)32(39)40/h10-13,16-20,22H,3,6-9,14-15H2,1-2,4-5H3,(H,39,40)/b30-16-. The molecule has 0 saturated carbocycles. The van der Waals surface area contributed by atoms with Crippen LogP contribution in [0.4, 0.5) is 4.39 Å². The van der Waals surface area contributed by atoms with Crippen molar-refractivity contribution in [3.8, 4) is 11.3 Å². The van der Waals surface area contributed by atoms with Gasteiger partial charge in [0, 0.05) is 42.7 Å². The van der Waals surface area contributed by atoms with Crippen molar-refractivity contribution in [2.75, 3.05) is 13.6 Å². The molecule has 1 fully saturated rings. The predicted octanol–water partition coefficient (Wildman–Crippen LogP) is 6.55. The number of carbonyl (C=O) groups is 2. The van der Waals surface area contributed by atoms with Gasteiger partial charge in [0.15, 0.2) is 0 Å². The van der Waals surface area contributed by atoms with Gasteiger partial charge in [-0.15, -0.1) is 0 Å². The van der Waals surface area contributed by atoms with Crippen LogP contribution >= 0.6 is 0 Å². The summed E-state index contributed by atoms with van der Waals surface area (Å²) in [5.41, 5.74) is 3.14. The largest absolute Gasteiger partial charge is 0.478 e. The highest BCUT2D eigenvalue weighted by atomic mass is 19.1. The summed E-state index contributed by atoms with van der Waals surface area (Å²) >= 11 is 0. The van der Waals surface area contributed by atoms with Crippen LogP contribution in [0.15, 0.2) is 71.8 Å². The quantitative estimate of drug-likeness (QED) is 0.427. The Morgan fingerprint density at radius 2 is 1.98 bits per heavy atom. The van der Waals surface area contributed by atoms with Crippen molar-refractivity contribution < 1.29 is 19.1 Å². The molecule has 40 heavy (non-hydrogen) atoms. The number of benzene rings is 1. The molecule has 0 radical (unpaired) electrons. The molecule has 2 aromatic rings. The van der Waals surface area contributed by atoms with Gasteiger partial charge in [-0.1, -0.05) is 45.4 Å². The fourth-order valence-corrected chi connectivity index (χ4v) is 5.07. The minimum absolute atomic E-state index is 0.0621. The van der Waals surface area contributed by atoms with E-state index in [1.54, 1.807) is 24.3 Å². The number of likely N-dealkylation sites (tertiary alicyclic amines) is 1. The van der Waals surface area contributed by atoms with Gasteiger partial charge in [0.25, 0.3) is 5.91 Å². The van der Waals surface area contributed by atoms with Crippen LogP contribution in [0.2, 0.25) is 0 Å². The highest BCUT2D eigenvalue weighted by molar-refractivity contribution is 6.43. The summed E-state index contributed by atoms with van der Waals surface area (Å²) in [6, 6.07) is 7.84. The van der Waals surface area contributed by atoms with Crippen LogP contribution in [-0.2, 0) is 4.79 Å². The number of aliphatic imine (C=N–C) groups is 1. The predicted molar refractivity (Wildman–Crippen MR) is 156 cm³/mol. The lowest BCUT2D eigenvalue weighted by molar-refractivity contribution is -0.125. The van der Waals surface area contributed by atoms with Gasteiger partial charge in [-0.2, -0.15) is 0 Å². The maximum atomic E-state index is 15.3. The average Bonchev–Trinajstić information content (AvgIpc) is 3.14. The fourth-order valence-electron chi connectivity index (χ4n) is 5.07. The SMILES string of the molecule is C=C(/C=C1/N=C(C(=O)N2CCCCCC2C)C=C(CC(C)C)N1C)c1ccc(-c2ccc(C(=O)O)cn2)cc1F. The highest BCUT2D eigenvalue weighted by Crippen LogP contribution is 2.29. The Morgan fingerprint density at radius 1 is 1.20 bits per heavy atom. The molecule has 1 saturated heterocycles. The molecule has 1 aromatic carbocycles. The molecule has 4 rings (SSSR count). The molecule has 0 spiro atoms.